The molecule has 0 bridgehead atoms. The van der Waals surface area contributed by atoms with E-state index in [-0.39, 0.29) is 5.41 Å². The van der Waals surface area contributed by atoms with Crippen molar-refractivity contribution < 1.29 is 0 Å². The molecule has 0 amide bonds. The van der Waals surface area contributed by atoms with Gasteiger partial charge < -0.3 is 5.32 Å². The molecule has 2 aromatic rings. The van der Waals surface area contributed by atoms with Crippen LogP contribution in [0.25, 0.3) is 0 Å². The van der Waals surface area contributed by atoms with E-state index in [1.54, 1.807) is 0 Å². The zero-order valence-electron chi connectivity index (χ0n) is 13.9. The molecule has 0 aliphatic rings. The number of hydrogen-bond acceptors (Lipinski definition) is 2. The second-order valence-electron chi connectivity index (χ2n) is 6.69. The lowest BCUT2D eigenvalue weighted by Crippen LogP contribution is -2.26. The first-order valence-corrected chi connectivity index (χ1v) is 8.70. The molecule has 0 spiro atoms. The predicted molar refractivity (Wildman–Crippen MR) is 94.3 cm³/mol. The van der Waals surface area contributed by atoms with Crippen LogP contribution in [-0.4, -0.2) is 6.54 Å². The Morgan fingerprint density at radius 2 is 1.86 bits per heavy atom. The fourth-order valence-corrected chi connectivity index (χ4v) is 3.76. The van der Waals surface area contributed by atoms with Crippen LogP contribution in [0.1, 0.15) is 61.7 Å². The molecule has 0 aliphatic heterocycles. The molecule has 0 fully saturated rings. The van der Waals surface area contributed by atoms with Gasteiger partial charge in [-0.05, 0) is 53.4 Å². The summed E-state index contributed by atoms with van der Waals surface area (Å²) in [4.78, 5) is 1.44. The Balaban J connectivity index is 2.50. The van der Waals surface area contributed by atoms with Crippen LogP contribution in [0.4, 0.5) is 0 Å². The number of nitrogens with one attached hydrogen (secondary N) is 1. The molecule has 1 heterocycles. The quantitative estimate of drug-likeness (QED) is 0.775. The molecule has 2 heteroatoms. The highest BCUT2D eigenvalue weighted by Gasteiger charge is 2.24. The third kappa shape index (κ3) is 3.75. The van der Waals surface area contributed by atoms with Crippen LogP contribution in [0.5, 0.6) is 0 Å². The lowest BCUT2D eigenvalue weighted by Gasteiger charge is -2.28. The van der Waals surface area contributed by atoms with E-state index in [2.05, 4.69) is 75.6 Å². The van der Waals surface area contributed by atoms with Crippen molar-refractivity contribution in [3.05, 3.63) is 57.3 Å². The summed E-state index contributed by atoms with van der Waals surface area (Å²) in [5.74, 6) is 0. The van der Waals surface area contributed by atoms with Gasteiger partial charge in [0, 0.05) is 4.88 Å². The third-order valence-electron chi connectivity index (χ3n) is 3.84. The predicted octanol–water partition coefficient (Wildman–Crippen LogP) is 5.44. The van der Waals surface area contributed by atoms with Gasteiger partial charge in [-0.3, -0.25) is 0 Å². The largest absolute Gasteiger partial charge is 0.306 e. The van der Waals surface area contributed by atoms with Crippen molar-refractivity contribution in [1.29, 1.82) is 0 Å². The Morgan fingerprint density at radius 1 is 1.14 bits per heavy atom. The second kappa shape index (κ2) is 6.76. The molecule has 0 aliphatic carbocycles. The minimum Gasteiger partial charge on any atom is -0.306 e. The Morgan fingerprint density at radius 3 is 2.43 bits per heavy atom. The lowest BCUT2D eigenvalue weighted by atomic mass is 9.81. The van der Waals surface area contributed by atoms with Gasteiger partial charge in [0.25, 0.3) is 0 Å². The normalized spacial score (nSPS) is 13.4. The van der Waals surface area contributed by atoms with Crippen LogP contribution in [-0.2, 0) is 5.41 Å². The molecule has 114 valence electrons. The van der Waals surface area contributed by atoms with E-state index in [0.29, 0.717) is 6.04 Å². The lowest BCUT2D eigenvalue weighted by molar-refractivity contribution is 0.551. The molecular weight excluding hydrogens is 274 g/mol. The van der Waals surface area contributed by atoms with Crippen LogP contribution in [0.3, 0.4) is 0 Å². The van der Waals surface area contributed by atoms with E-state index in [0.717, 1.165) is 13.0 Å². The Kier molecular flexibility index (Phi) is 5.23. The van der Waals surface area contributed by atoms with Gasteiger partial charge in [-0.25, -0.2) is 0 Å². The Labute approximate surface area is 133 Å². The van der Waals surface area contributed by atoms with Gasteiger partial charge in [-0.1, -0.05) is 52.0 Å². The summed E-state index contributed by atoms with van der Waals surface area (Å²) in [6, 6.07) is 11.4. The van der Waals surface area contributed by atoms with E-state index in [9.17, 15) is 0 Å². The van der Waals surface area contributed by atoms with E-state index in [4.69, 9.17) is 0 Å². The molecule has 1 atom stereocenters. The maximum absolute atomic E-state index is 3.75. The summed E-state index contributed by atoms with van der Waals surface area (Å²) in [6.45, 7) is 12.4. The van der Waals surface area contributed by atoms with Gasteiger partial charge in [0.1, 0.15) is 0 Å². The van der Waals surface area contributed by atoms with E-state index in [1.807, 2.05) is 11.3 Å². The minimum atomic E-state index is 0.161. The van der Waals surface area contributed by atoms with Crippen LogP contribution >= 0.6 is 11.3 Å². The van der Waals surface area contributed by atoms with Crippen molar-refractivity contribution in [3.63, 3.8) is 0 Å². The summed E-state index contributed by atoms with van der Waals surface area (Å²) in [6.07, 6.45) is 1.15. The average Bonchev–Trinajstić information content (AvgIpc) is 2.85. The minimum absolute atomic E-state index is 0.161. The molecule has 2 rings (SSSR count). The highest BCUT2D eigenvalue weighted by Crippen LogP contribution is 2.35. The molecule has 0 radical (unpaired) electrons. The van der Waals surface area contributed by atoms with Crippen molar-refractivity contribution in [3.8, 4) is 0 Å². The van der Waals surface area contributed by atoms with Gasteiger partial charge in [0.05, 0.1) is 6.04 Å². The summed E-state index contributed by atoms with van der Waals surface area (Å²) >= 11 is 1.86. The highest BCUT2D eigenvalue weighted by atomic mass is 32.1. The summed E-state index contributed by atoms with van der Waals surface area (Å²) < 4.78 is 0. The zero-order chi connectivity index (χ0) is 15.5. The molecular formula is C19H27NS. The summed E-state index contributed by atoms with van der Waals surface area (Å²) in [5, 5.41) is 5.95. The van der Waals surface area contributed by atoms with E-state index >= 15 is 0 Å². The zero-order valence-corrected chi connectivity index (χ0v) is 14.7. The highest BCUT2D eigenvalue weighted by molar-refractivity contribution is 7.10. The molecule has 1 unspecified atom stereocenters. The Bertz CT molecular complexity index is 577. The molecule has 1 aromatic heterocycles. The molecule has 1 N–H and O–H groups in total. The molecule has 0 saturated carbocycles. The number of benzene rings is 1. The first-order valence-electron chi connectivity index (χ1n) is 7.82. The summed E-state index contributed by atoms with van der Waals surface area (Å²) in [7, 11) is 0. The summed E-state index contributed by atoms with van der Waals surface area (Å²) in [5.41, 5.74) is 4.40. The third-order valence-corrected chi connectivity index (χ3v) is 4.93. The van der Waals surface area contributed by atoms with Crippen molar-refractivity contribution in [2.75, 3.05) is 6.54 Å². The number of thiophene rings is 1. The van der Waals surface area contributed by atoms with Crippen molar-refractivity contribution in [2.24, 2.45) is 0 Å². The average molecular weight is 301 g/mol. The van der Waals surface area contributed by atoms with E-state index < -0.39 is 0 Å². The monoisotopic (exact) mass is 301 g/mol. The van der Waals surface area contributed by atoms with Crippen molar-refractivity contribution in [1.82, 2.24) is 5.32 Å². The number of aryl methyl sites for hydroxylation is 1. The second-order valence-corrected chi connectivity index (χ2v) is 7.64. The SMILES string of the molecule is CCCNC(c1ccccc1C(C)(C)C)c1sccc1C. The number of hydrogen-bond donors (Lipinski definition) is 1. The molecule has 1 nitrogen and oxygen atoms in total. The van der Waals surface area contributed by atoms with Gasteiger partial charge in [-0.15, -0.1) is 11.3 Å². The maximum atomic E-state index is 3.75. The smallest absolute Gasteiger partial charge is 0.0676 e. The first kappa shape index (κ1) is 16.3. The van der Waals surface area contributed by atoms with Gasteiger partial charge in [0.2, 0.25) is 0 Å². The standard InChI is InChI=1S/C19H27NS/c1-6-12-20-17(18-14(2)11-13-21-18)15-9-7-8-10-16(15)19(3,4)5/h7-11,13,17,20H,6,12H2,1-5H3. The van der Waals surface area contributed by atoms with Crippen LogP contribution in [0, 0.1) is 6.92 Å². The maximum Gasteiger partial charge on any atom is 0.0676 e. The fraction of sp³-hybridized carbons (Fsp3) is 0.474. The van der Waals surface area contributed by atoms with Gasteiger partial charge in [-0.2, -0.15) is 0 Å². The van der Waals surface area contributed by atoms with Gasteiger partial charge in [0.15, 0.2) is 0 Å². The van der Waals surface area contributed by atoms with Crippen LogP contribution in [0.2, 0.25) is 0 Å². The molecule has 0 saturated heterocycles. The number of rotatable bonds is 5. The van der Waals surface area contributed by atoms with Crippen LogP contribution < -0.4 is 5.32 Å². The first-order chi connectivity index (χ1) is 9.95. The Hall–Kier alpha value is -1.12. The van der Waals surface area contributed by atoms with Crippen molar-refractivity contribution in [2.45, 2.75) is 52.5 Å². The van der Waals surface area contributed by atoms with Crippen LogP contribution in [0.15, 0.2) is 35.7 Å². The molecule has 21 heavy (non-hydrogen) atoms. The van der Waals surface area contributed by atoms with Gasteiger partial charge >= 0.3 is 0 Å². The van der Waals surface area contributed by atoms with Crippen molar-refractivity contribution >= 4 is 11.3 Å². The topological polar surface area (TPSA) is 12.0 Å². The molecule has 1 aromatic carbocycles. The van der Waals surface area contributed by atoms with E-state index in [1.165, 1.54) is 21.6 Å². The fourth-order valence-electron chi connectivity index (χ4n) is 2.74.